The van der Waals surface area contributed by atoms with E-state index in [1.54, 1.807) is 13.2 Å². The van der Waals surface area contributed by atoms with Crippen LogP contribution < -0.4 is 9.47 Å². The van der Waals surface area contributed by atoms with Crippen LogP contribution in [0.4, 0.5) is 0 Å². The molecule has 0 radical (unpaired) electrons. The summed E-state index contributed by atoms with van der Waals surface area (Å²) in [5.74, 6) is -0.307. The van der Waals surface area contributed by atoms with Crippen LogP contribution in [0.15, 0.2) is 71.6 Å². The van der Waals surface area contributed by atoms with Gasteiger partial charge in [-0.1, -0.05) is 12.1 Å². The van der Waals surface area contributed by atoms with Crippen LogP contribution in [0.2, 0.25) is 0 Å². The van der Waals surface area contributed by atoms with Crippen LogP contribution in [-0.4, -0.2) is 23.7 Å². The number of hydrogen-bond acceptors (Lipinski definition) is 8. The number of carbonyl (C=O) groups is 2. The predicted octanol–water partition coefficient (Wildman–Crippen LogP) is 6.69. The Morgan fingerprint density at radius 3 is 2.60 bits per heavy atom. The Morgan fingerprint density at radius 1 is 1.03 bits per heavy atom. The van der Waals surface area contributed by atoms with Gasteiger partial charge in [0, 0.05) is 5.56 Å². The van der Waals surface area contributed by atoms with Crippen molar-refractivity contribution in [3.63, 3.8) is 0 Å². The number of hydrogen-bond donors (Lipinski definition) is 1. The number of ether oxygens (including phenoxy) is 3. The van der Waals surface area contributed by atoms with Crippen molar-refractivity contribution in [1.29, 1.82) is 0 Å². The molecule has 0 unspecified atom stereocenters. The van der Waals surface area contributed by atoms with Crippen molar-refractivity contribution in [1.82, 2.24) is 0 Å². The van der Waals surface area contributed by atoms with Crippen molar-refractivity contribution in [2.45, 2.75) is 13.3 Å². The molecule has 1 aliphatic rings. The number of fused-ring (bicyclic) bond motifs is 1. The average Bonchev–Trinajstić information content (AvgIpc) is 3.52. The maximum absolute atomic E-state index is 13.3. The van der Waals surface area contributed by atoms with Crippen molar-refractivity contribution in [2.24, 2.45) is 0 Å². The Kier molecular flexibility index (Phi) is 6.39. The summed E-state index contributed by atoms with van der Waals surface area (Å²) in [6, 6.07) is 13.7. The van der Waals surface area contributed by atoms with Gasteiger partial charge in [0.05, 0.1) is 28.2 Å². The first kappa shape index (κ1) is 22.9. The number of benzene rings is 2. The Hall–Kier alpha value is -3.88. The third-order valence-corrected chi connectivity index (χ3v) is 7.37. The van der Waals surface area contributed by atoms with Crippen LogP contribution in [0.25, 0.3) is 20.9 Å². The summed E-state index contributed by atoms with van der Waals surface area (Å²) in [4.78, 5) is 26.3. The van der Waals surface area contributed by atoms with Crippen LogP contribution in [0.5, 0.6) is 17.2 Å². The lowest BCUT2D eigenvalue weighted by molar-refractivity contribution is 0.0526. The van der Waals surface area contributed by atoms with Gasteiger partial charge in [0.2, 0.25) is 0 Å². The van der Waals surface area contributed by atoms with E-state index >= 15 is 0 Å². The van der Waals surface area contributed by atoms with Gasteiger partial charge in [0.25, 0.3) is 0 Å². The largest absolute Gasteiger partial charge is 0.505 e. The maximum atomic E-state index is 13.3. The van der Waals surface area contributed by atoms with Gasteiger partial charge < -0.3 is 19.3 Å². The highest BCUT2D eigenvalue weighted by Crippen LogP contribution is 2.48. The molecular weight excluding hydrogens is 484 g/mol. The van der Waals surface area contributed by atoms with Crippen molar-refractivity contribution in [3.8, 4) is 38.1 Å². The zero-order valence-electron chi connectivity index (χ0n) is 18.6. The molecular formula is C27H20O6S2. The van der Waals surface area contributed by atoms with E-state index < -0.39 is 11.9 Å². The molecule has 0 saturated carbocycles. The summed E-state index contributed by atoms with van der Waals surface area (Å²) in [5.41, 5.74) is 3.07. The second-order valence-corrected chi connectivity index (χ2v) is 9.45. The molecule has 6 nitrogen and oxygen atoms in total. The quantitative estimate of drug-likeness (QED) is 0.233. The molecule has 0 atom stereocenters. The lowest BCUT2D eigenvalue weighted by atomic mass is 10.0. The van der Waals surface area contributed by atoms with E-state index in [2.05, 4.69) is 0 Å². The number of aromatic hydroxyl groups is 1. The minimum atomic E-state index is -0.688. The highest BCUT2D eigenvalue weighted by molar-refractivity contribution is 7.20. The number of esters is 2. The third kappa shape index (κ3) is 4.58. The molecule has 0 spiro atoms. The average molecular weight is 505 g/mol. The summed E-state index contributed by atoms with van der Waals surface area (Å²) in [6.45, 7) is 2.00. The fraction of sp³-hybridized carbons (Fsp3) is 0.111. The number of allylic oxidation sites excluding steroid dienone is 1. The zero-order chi connectivity index (χ0) is 24.4. The van der Waals surface area contributed by atoms with E-state index in [1.165, 1.54) is 46.9 Å². The van der Waals surface area contributed by atoms with Crippen LogP contribution >= 0.6 is 22.7 Å². The Labute approximate surface area is 209 Å². The van der Waals surface area contributed by atoms with E-state index in [-0.39, 0.29) is 23.7 Å². The van der Waals surface area contributed by atoms with Gasteiger partial charge in [-0.2, -0.15) is 11.3 Å². The lowest BCUT2D eigenvalue weighted by Gasteiger charge is -2.12. The first-order chi connectivity index (χ1) is 17.0. The first-order valence-corrected chi connectivity index (χ1v) is 12.6. The van der Waals surface area contributed by atoms with Gasteiger partial charge in [0.15, 0.2) is 0 Å². The van der Waals surface area contributed by atoms with Crippen LogP contribution in [0.1, 0.15) is 33.2 Å². The standard InChI is InChI=1S/C27H20O6S2/c1-2-31-26(29)17-7-9-20(10-8-17)33-27(30)22-23(28)25(35-24(22)19-11-13-34-15-19)18-6-5-16-4-3-12-32-21(16)14-18/h3,5-15,28H,2,4H2,1H3. The summed E-state index contributed by atoms with van der Waals surface area (Å²) in [7, 11) is 0. The van der Waals surface area contributed by atoms with Gasteiger partial charge in [-0.15, -0.1) is 11.3 Å². The molecule has 0 amide bonds. The molecule has 8 heteroatoms. The van der Waals surface area contributed by atoms with E-state index in [1.807, 2.05) is 41.1 Å². The third-order valence-electron chi connectivity index (χ3n) is 5.40. The molecule has 0 bridgehead atoms. The van der Waals surface area contributed by atoms with Gasteiger partial charge in [0.1, 0.15) is 22.8 Å². The molecule has 0 saturated heterocycles. The Bertz CT molecular complexity index is 1410. The minimum absolute atomic E-state index is 0.0939. The first-order valence-electron chi connectivity index (χ1n) is 10.9. The highest BCUT2D eigenvalue weighted by Gasteiger charge is 2.28. The molecule has 2 aromatic carbocycles. The molecule has 1 aliphatic heterocycles. The van der Waals surface area contributed by atoms with Gasteiger partial charge in [-0.05, 0) is 77.7 Å². The van der Waals surface area contributed by atoms with Crippen molar-refractivity contribution in [3.05, 3.63) is 88.3 Å². The maximum Gasteiger partial charge on any atom is 0.348 e. The fourth-order valence-electron chi connectivity index (χ4n) is 3.71. The molecule has 5 rings (SSSR count). The van der Waals surface area contributed by atoms with Crippen molar-refractivity contribution >= 4 is 34.6 Å². The van der Waals surface area contributed by atoms with E-state index in [4.69, 9.17) is 14.2 Å². The summed E-state index contributed by atoms with van der Waals surface area (Å²) >= 11 is 2.82. The smallest absolute Gasteiger partial charge is 0.348 e. The highest BCUT2D eigenvalue weighted by atomic mass is 32.1. The fourth-order valence-corrected chi connectivity index (χ4v) is 5.60. The van der Waals surface area contributed by atoms with E-state index in [0.29, 0.717) is 15.3 Å². The van der Waals surface area contributed by atoms with Gasteiger partial charge in [-0.25, -0.2) is 9.59 Å². The Morgan fingerprint density at radius 2 is 1.86 bits per heavy atom. The molecule has 4 aromatic rings. The van der Waals surface area contributed by atoms with Crippen molar-refractivity contribution < 1.29 is 28.9 Å². The number of carbonyl (C=O) groups excluding carboxylic acids is 2. The summed E-state index contributed by atoms with van der Waals surface area (Å²) in [6.07, 6.45) is 4.36. The van der Waals surface area contributed by atoms with Crippen LogP contribution in [-0.2, 0) is 11.2 Å². The Balaban J connectivity index is 1.49. The SMILES string of the molecule is CCOC(=O)c1ccc(OC(=O)c2c(-c3ccsc3)sc(-c3ccc4c(c3)OC=CC4)c2O)cc1. The van der Waals surface area contributed by atoms with Crippen LogP contribution in [0.3, 0.4) is 0 Å². The molecule has 176 valence electrons. The van der Waals surface area contributed by atoms with Crippen LogP contribution in [0, 0.1) is 0 Å². The second kappa shape index (κ2) is 9.77. The van der Waals surface area contributed by atoms with Gasteiger partial charge >= 0.3 is 11.9 Å². The topological polar surface area (TPSA) is 82.1 Å². The van der Waals surface area contributed by atoms with E-state index in [0.717, 1.165) is 28.9 Å². The minimum Gasteiger partial charge on any atom is -0.505 e. The summed E-state index contributed by atoms with van der Waals surface area (Å²) < 4.78 is 16.2. The van der Waals surface area contributed by atoms with E-state index in [9.17, 15) is 14.7 Å². The number of rotatable bonds is 6. The molecule has 3 heterocycles. The zero-order valence-corrected chi connectivity index (χ0v) is 20.3. The monoisotopic (exact) mass is 504 g/mol. The molecule has 35 heavy (non-hydrogen) atoms. The molecule has 2 aromatic heterocycles. The van der Waals surface area contributed by atoms with Crippen molar-refractivity contribution in [2.75, 3.05) is 6.61 Å². The molecule has 1 N–H and O–H groups in total. The summed E-state index contributed by atoms with van der Waals surface area (Å²) in [5, 5.41) is 15.0. The second-order valence-electron chi connectivity index (χ2n) is 7.65. The number of thiophene rings is 2. The predicted molar refractivity (Wildman–Crippen MR) is 136 cm³/mol. The normalized spacial score (nSPS) is 12.0. The van der Waals surface area contributed by atoms with Gasteiger partial charge in [-0.3, -0.25) is 0 Å². The molecule has 0 fully saturated rings. The molecule has 0 aliphatic carbocycles. The lowest BCUT2D eigenvalue weighted by Crippen LogP contribution is -2.09.